The van der Waals surface area contributed by atoms with Crippen molar-refractivity contribution >= 4 is 10.0 Å². The minimum absolute atomic E-state index is 0.0777. The van der Waals surface area contributed by atoms with Crippen LogP contribution in [-0.4, -0.2) is 36.6 Å². The zero-order valence-corrected chi connectivity index (χ0v) is 12.2. The normalized spacial score (nSPS) is 11.8. The molecule has 20 heavy (non-hydrogen) atoms. The molecule has 1 aromatic heterocycles. The molecule has 0 bridgehead atoms. The Kier molecular flexibility index (Phi) is 4.41. The standard InChI is InChI=1S/C13H17N3O3S/c1-3-19-12-7-5-4-6-11(12)10-16(2)20(17,18)13-8-9-14-15-13/h4-9H,3,10H2,1-2H3,(H,14,15). The van der Waals surface area contributed by atoms with Crippen molar-refractivity contribution in [1.82, 2.24) is 14.5 Å². The Morgan fingerprint density at radius 3 is 2.70 bits per heavy atom. The average molecular weight is 295 g/mol. The summed E-state index contributed by atoms with van der Waals surface area (Å²) in [7, 11) is -2.04. The fourth-order valence-electron chi connectivity index (χ4n) is 1.81. The van der Waals surface area contributed by atoms with E-state index in [1.807, 2.05) is 31.2 Å². The van der Waals surface area contributed by atoms with Gasteiger partial charge in [0.1, 0.15) is 5.75 Å². The number of hydrogen-bond donors (Lipinski definition) is 1. The van der Waals surface area contributed by atoms with Gasteiger partial charge in [-0.25, -0.2) is 8.42 Å². The van der Waals surface area contributed by atoms with Crippen LogP contribution in [0.1, 0.15) is 12.5 Å². The second kappa shape index (κ2) is 6.06. The highest BCUT2D eigenvalue weighted by molar-refractivity contribution is 7.89. The number of rotatable bonds is 6. The second-order valence-electron chi connectivity index (χ2n) is 4.22. The predicted octanol–water partition coefficient (Wildman–Crippen LogP) is 1.63. The number of ether oxygens (including phenoxy) is 1. The molecule has 0 aliphatic rings. The lowest BCUT2D eigenvalue weighted by Gasteiger charge is -2.18. The Morgan fingerprint density at radius 2 is 2.05 bits per heavy atom. The van der Waals surface area contributed by atoms with Crippen LogP contribution >= 0.6 is 0 Å². The highest BCUT2D eigenvalue weighted by Crippen LogP contribution is 2.22. The van der Waals surface area contributed by atoms with Crippen LogP contribution in [0.2, 0.25) is 0 Å². The van der Waals surface area contributed by atoms with Gasteiger partial charge in [0.2, 0.25) is 0 Å². The molecular weight excluding hydrogens is 278 g/mol. The third-order valence-electron chi connectivity index (χ3n) is 2.83. The summed E-state index contributed by atoms with van der Waals surface area (Å²) in [6, 6.07) is 8.83. The van der Waals surface area contributed by atoms with Crippen molar-refractivity contribution in [2.45, 2.75) is 18.5 Å². The van der Waals surface area contributed by atoms with Crippen LogP contribution in [0.4, 0.5) is 0 Å². The van der Waals surface area contributed by atoms with E-state index < -0.39 is 10.0 Å². The van der Waals surface area contributed by atoms with Gasteiger partial charge in [0.05, 0.1) is 12.8 Å². The number of hydrogen-bond acceptors (Lipinski definition) is 4. The Hall–Kier alpha value is -1.86. The Morgan fingerprint density at radius 1 is 1.30 bits per heavy atom. The van der Waals surface area contributed by atoms with Crippen LogP contribution in [-0.2, 0) is 16.6 Å². The molecule has 7 heteroatoms. The molecule has 0 aliphatic carbocycles. The number of para-hydroxylation sites is 1. The van der Waals surface area contributed by atoms with Crippen molar-refractivity contribution in [3.8, 4) is 5.75 Å². The van der Waals surface area contributed by atoms with Gasteiger partial charge < -0.3 is 4.74 Å². The van der Waals surface area contributed by atoms with E-state index in [9.17, 15) is 8.42 Å². The summed E-state index contributed by atoms with van der Waals surface area (Å²) in [5.41, 5.74) is 0.819. The molecule has 0 aliphatic heterocycles. The molecule has 0 fully saturated rings. The lowest BCUT2D eigenvalue weighted by molar-refractivity contribution is 0.332. The van der Waals surface area contributed by atoms with Gasteiger partial charge in [-0.3, -0.25) is 5.10 Å². The van der Waals surface area contributed by atoms with E-state index in [1.165, 1.54) is 23.6 Å². The summed E-state index contributed by atoms with van der Waals surface area (Å²) in [4.78, 5) is 0. The quantitative estimate of drug-likeness (QED) is 0.879. The summed E-state index contributed by atoms with van der Waals surface area (Å²) in [6.45, 7) is 2.66. The van der Waals surface area contributed by atoms with Crippen LogP contribution in [0.15, 0.2) is 41.6 Å². The predicted molar refractivity (Wildman–Crippen MR) is 74.9 cm³/mol. The van der Waals surface area contributed by atoms with E-state index in [0.29, 0.717) is 12.4 Å². The summed E-state index contributed by atoms with van der Waals surface area (Å²) >= 11 is 0. The number of nitrogens with one attached hydrogen (secondary N) is 1. The second-order valence-corrected chi connectivity index (χ2v) is 6.24. The maximum atomic E-state index is 12.3. The number of aromatic nitrogens is 2. The van der Waals surface area contributed by atoms with Gasteiger partial charge >= 0.3 is 0 Å². The van der Waals surface area contributed by atoms with Crippen molar-refractivity contribution in [3.63, 3.8) is 0 Å². The zero-order chi connectivity index (χ0) is 14.6. The van der Waals surface area contributed by atoms with Gasteiger partial charge in [0.25, 0.3) is 10.0 Å². The lowest BCUT2D eigenvalue weighted by atomic mass is 10.2. The Balaban J connectivity index is 2.22. The number of sulfonamides is 1. The molecule has 0 radical (unpaired) electrons. The van der Waals surface area contributed by atoms with Crippen LogP contribution in [0, 0.1) is 0 Å². The molecule has 2 aromatic rings. The Labute approximate surface area is 118 Å². The summed E-state index contributed by atoms with van der Waals surface area (Å²) in [5.74, 6) is 0.696. The first-order valence-corrected chi connectivity index (χ1v) is 7.66. The van der Waals surface area contributed by atoms with Crippen molar-refractivity contribution in [2.75, 3.05) is 13.7 Å². The van der Waals surface area contributed by atoms with Gasteiger partial charge in [-0.1, -0.05) is 18.2 Å². The molecule has 1 heterocycles. The fourth-order valence-corrected chi connectivity index (χ4v) is 2.86. The molecule has 1 N–H and O–H groups in total. The summed E-state index contributed by atoms with van der Waals surface area (Å²) in [6.07, 6.45) is 1.41. The van der Waals surface area contributed by atoms with E-state index in [2.05, 4.69) is 10.2 Å². The SMILES string of the molecule is CCOc1ccccc1CN(C)S(=O)(=O)c1ccn[nH]1. The van der Waals surface area contributed by atoms with E-state index >= 15 is 0 Å². The minimum atomic E-state index is -3.57. The van der Waals surface area contributed by atoms with Gasteiger partial charge in [0, 0.05) is 19.2 Å². The van der Waals surface area contributed by atoms with Gasteiger partial charge in [-0.2, -0.15) is 9.40 Å². The third kappa shape index (κ3) is 3.00. The molecular formula is C13H17N3O3S. The third-order valence-corrected chi connectivity index (χ3v) is 4.56. The molecule has 0 amide bonds. The highest BCUT2D eigenvalue weighted by atomic mass is 32.2. The van der Waals surface area contributed by atoms with Gasteiger partial charge in [0.15, 0.2) is 5.03 Å². The summed E-state index contributed by atoms with van der Waals surface area (Å²) < 4.78 is 31.3. The van der Waals surface area contributed by atoms with Crippen LogP contribution in [0.5, 0.6) is 5.75 Å². The van der Waals surface area contributed by atoms with Gasteiger partial charge in [-0.15, -0.1) is 0 Å². The smallest absolute Gasteiger partial charge is 0.260 e. The molecule has 6 nitrogen and oxygen atoms in total. The number of nitrogens with zero attached hydrogens (tertiary/aromatic N) is 2. The van der Waals surface area contributed by atoms with E-state index in [1.54, 1.807) is 0 Å². The molecule has 0 atom stereocenters. The van der Waals surface area contributed by atoms with E-state index in [4.69, 9.17) is 4.74 Å². The van der Waals surface area contributed by atoms with Crippen LogP contribution in [0.25, 0.3) is 0 Å². The van der Waals surface area contributed by atoms with Crippen LogP contribution < -0.4 is 4.74 Å². The lowest BCUT2D eigenvalue weighted by Crippen LogP contribution is -2.27. The highest BCUT2D eigenvalue weighted by Gasteiger charge is 2.23. The summed E-state index contributed by atoms with van der Waals surface area (Å²) in [5, 5.41) is 6.22. The first-order chi connectivity index (χ1) is 9.55. The molecule has 0 unspecified atom stereocenters. The van der Waals surface area contributed by atoms with Crippen molar-refractivity contribution in [3.05, 3.63) is 42.1 Å². The number of aromatic amines is 1. The first-order valence-electron chi connectivity index (χ1n) is 6.22. The maximum absolute atomic E-state index is 12.3. The van der Waals surface area contributed by atoms with Gasteiger partial charge in [-0.05, 0) is 19.1 Å². The molecule has 0 saturated heterocycles. The molecule has 2 rings (SSSR count). The minimum Gasteiger partial charge on any atom is -0.494 e. The number of H-pyrrole nitrogens is 1. The van der Waals surface area contributed by atoms with Crippen LogP contribution in [0.3, 0.4) is 0 Å². The van der Waals surface area contributed by atoms with Crippen molar-refractivity contribution in [1.29, 1.82) is 0 Å². The van der Waals surface area contributed by atoms with E-state index in [-0.39, 0.29) is 11.6 Å². The Bertz CT molecular complexity index is 653. The molecule has 0 saturated carbocycles. The molecule has 108 valence electrons. The fraction of sp³-hybridized carbons (Fsp3) is 0.308. The van der Waals surface area contributed by atoms with Crippen molar-refractivity contribution in [2.24, 2.45) is 0 Å². The average Bonchev–Trinajstić information content (AvgIpc) is 2.96. The number of benzene rings is 1. The monoisotopic (exact) mass is 295 g/mol. The maximum Gasteiger partial charge on any atom is 0.260 e. The molecule has 0 spiro atoms. The molecule has 1 aromatic carbocycles. The van der Waals surface area contributed by atoms with Crippen molar-refractivity contribution < 1.29 is 13.2 Å². The largest absolute Gasteiger partial charge is 0.494 e. The first kappa shape index (κ1) is 14.5. The zero-order valence-electron chi connectivity index (χ0n) is 11.4. The topological polar surface area (TPSA) is 75.3 Å². The van der Waals surface area contributed by atoms with E-state index in [0.717, 1.165) is 5.56 Å².